The van der Waals surface area contributed by atoms with Gasteiger partial charge in [0.2, 0.25) is 0 Å². The van der Waals surface area contributed by atoms with E-state index in [4.69, 9.17) is 11.6 Å². The quantitative estimate of drug-likeness (QED) is 0.649. The van der Waals surface area contributed by atoms with Crippen LogP contribution in [0.4, 0.5) is 15.9 Å². The zero-order valence-corrected chi connectivity index (χ0v) is 15.6. The van der Waals surface area contributed by atoms with Gasteiger partial charge in [-0.1, -0.05) is 41.9 Å². The SMILES string of the molecule is CC(C)Nc1cc(C(=O)Nc2ccc(F)c(Cl)c2)nc(-c2ccccc2)n1. The van der Waals surface area contributed by atoms with Gasteiger partial charge >= 0.3 is 0 Å². The second-order valence-corrected chi connectivity index (χ2v) is 6.62. The highest BCUT2D eigenvalue weighted by Crippen LogP contribution is 2.21. The fraction of sp³-hybridized carbons (Fsp3) is 0.150. The molecule has 3 rings (SSSR count). The average molecular weight is 385 g/mol. The first-order valence-corrected chi connectivity index (χ1v) is 8.77. The summed E-state index contributed by atoms with van der Waals surface area (Å²) in [5, 5.41) is 5.80. The average Bonchev–Trinajstić information content (AvgIpc) is 2.64. The third-order valence-corrected chi connectivity index (χ3v) is 3.89. The number of rotatable bonds is 5. The van der Waals surface area contributed by atoms with E-state index in [1.807, 2.05) is 44.2 Å². The van der Waals surface area contributed by atoms with Gasteiger partial charge in [-0.25, -0.2) is 14.4 Å². The smallest absolute Gasteiger partial charge is 0.274 e. The van der Waals surface area contributed by atoms with Crippen LogP contribution in [-0.2, 0) is 0 Å². The number of amides is 1. The molecular formula is C20H18ClFN4O. The maximum Gasteiger partial charge on any atom is 0.274 e. The van der Waals surface area contributed by atoms with Gasteiger partial charge in [0.15, 0.2) is 5.82 Å². The first kappa shape index (κ1) is 18.8. The molecule has 0 aliphatic heterocycles. The van der Waals surface area contributed by atoms with Crippen LogP contribution in [0.25, 0.3) is 11.4 Å². The number of hydrogen-bond acceptors (Lipinski definition) is 4. The van der Waals surface area contributed by atoms with Crippen molar-refractivity contribution in [1.29, 1.82) is 0 Å². The second-order valence-electron chi connectivity index (χ2n) is 6.21. The molecule has 2 aromatic carbocycles. The molecule has 5 nitrogen and oxygen atoms in total. The van der Waals surface area contributed by atoms with E-state index in [0.717, 1.165) is 5.56 Å². The van der Waals surface area contributed by atoms with Crippen LogP contribution in [0.5, 0.6) is 0 Å². The van der Waals surface area contributed by atoms with Crippen LogP contribution in [0, 0.1) is 5.82 Å². The van der Waals surface area contributed by atoms with Crippen molar-refractivity contribution in [2.75, 3.05) is 10.6 Å². The van der Waals surface area contributed by atoms with E-state index in [9.17, 15) is 9.18 Å². The lowest BCUT2D eigenvalue weighted by atomic mass is 10.2. The number of carbonyl (C=O) groups excluding carboxylic acids is 1. The van der Waals surface area contributed by atoms with E-state index in [-0.39, 0.29) is 16.8 Å². The Hall–Kier alpha value is -2.99. The number of aromatic nitrogens is 2. The van der Waals surface area contributed by atoms with Gasteiger partial charge in [0.25, 0.3) is 5.91 Å². The molecule has 7 heteroatoms. The van der Waals surface area contributed by atoms with Crippen LogP contribution in [0.15, 0.2) is 54.6 Å². The minimum Gasteiger partial charge on any atom is -0.368 e. The summed E-state index contributed by atoms with van der Waals surface area (Å²) in [6, 6.07) is 15.1. The van der Waals surface area contributed by atoms with Gasteiger partial charge in [-0.2, -0.15) is 0 Å². The second kappa shape index (κ2) is 8.14. The number of carbonyl (C=O) groups is 1. The molecule has 0 spiro atoms. The molecule has 0 saturated heterocycles. The van der Waals surface area contributed by atoms with E-state index in [1.165, 1.54) is 18.2 Å². The summed E-state index contributed by atoms with van der Waals surface area (Å²) in [6.07, 6.45) is 0. The van der Waals surface area contributed by atoms with E-state index in [1.54, 1.807) is 6.07 Å². The molecule has 1 heterocycles. The van der Waals surface area contributed by atoms with Gasteiger partial charge in [-0.15, -0.1) is 0 Å². The molecule has 2 N–H and O–H groups in total. The zero-order valence-electron chi connectivity index (χ0n) is 14.8. The summed E-state index contributed by atoms with van der Waals surface area (Å²) in [5.74, 6) is -0.0137. The molecule has 1 aromatic heterocycles. The van der Waals surface area contributed by atoms with Crippen molar-refractivity contribution in [2.45, 2.75) is 19.9 Å². The minimum absolute atomic E-state index is 0.0670. The monoisotopic (exact) mass is 384 g/mol. The van der Waals surface area contributed by atoms with Crippen molar-refractivity contribution in [3.63, 3.8) is 0 Å². The first-order valence-electron chi connectivity index (χ1n) is 8.40. The van der Waals surface area contributed by atoms with Crippen molar-refractivity contribution < 1.29 is 9.18 Å². The molecular weight excluding hydrogens is 367 g/mol. The highest BCUT2D eigenvalue weighted by molar-refractivity contribution is 6.31. The third-order valence-electron chi connectivity index (χ3n) is 3.60. The Kier molecular flexibility index (Phi) is 5.66. The normalized spacial score (nSPS) is 10.7. The van der Waals surface area contributed by atoms with Crippen molar-refractivity contribution in [1.82, 2.24) is 9.97 Å². The molecule has 0 aliphatic rings. The summed E-state index contributed by atoms with van der Waals surface area (Å²) >= 11 is 5.77. The minimum atomic E-state index is -0.550. The maximum absolute atomic E-state index is 13.3. The molecule has 0 fully saturated rings. The molecule has 0 bridgehead atoms. The van der Waals surface area contributed by atoms with E-state index < -0.39 is 11.7 Å². The fourth-order valence-corrected chi connectivity index (χ4v) is 2.60. The number of benzene rings is 2. The molecule has 1 amide bonds. The van der Waals surface area contributed by atoms with Gasteiger partial charge < -0.3 is 10.6 Å². The van der Waals surface area contributed by atoms with Crippen molar-refractivity contribution in [3.8, 4) is 11.4 Å². The topological polar surface area (TPSA) is 66.9 Å². The van der Waals surface area contributed by atoms with Crippen LogP contribution < -0.4 is 10.6 Å². The van der Waals surface area contributed by atoms with E-state index in [0.29, 0.717) is 17.3 Å². The highest BCUT2D eigenvalue weighted by atomic mass is 35.5. The van der Waals surface area contributed by atoms with Crippen LogP contribution >= 0.6 is 11.6 Å². The molecule has 0 radical (unpaired) electrons. The third kappa shape index (κ3) is 4.80. The first-order chi connectivity index (χ1) is 12.9. The molecule has 27 heavy (non-hydrogen) atoms. The van der Waals surface area contributed by atoms with Crippen LogP contribution in [0.3, 0.4) is 0 Å². The van der Waals surface area contributed by atoms with Crippen molar-refractivity contribution in [3.05, 3.63) is 71.1 Å². The fourth-order valence-electron chi connectivity index (χ4n) is 2.42. The highest BCUT2D eigenvalue weighted by Gasteiger charge is 2.14. The van der Waals surface area contributed by atoms with Crippen LogP contribution in [0.1, 0.15) is 24.3 Å². The number of hydrogen-bond donors (Lipinski definition) is 2. The number of nitrogens with zero attached hydrogens (tertiary/aromatic N) is 2. The van der Waals surface area contributed by atoms with E-state index >= 15 is 0 Å². The Morgan fingerprint density at radius 3 is 2.48 bits per heavy atom. The zero-order chi connectivity index (χ0) is 19.4. The Balaban J connectivity index is 1.95. The van der Waals surface area contributed by atoms with Gasteiger partial charge in [-0.05, 0) is 32.0 Å². The molecule has 0 aliphatic carbocycles. The Labute approximate surface area is 161 Å². The molecule has 3 aromatic rings. The Morgan fingerprint density at radius 1 is 1.07 bits per heavy atom. The molecule has 0 unspecified atom stereocenters. The van der Waals surface area contributed by atoms with Crippen LogP contribution in [-0.4, -0.2) is 21.9 Å². The summed E-state index contributed by atoms with van der Waals surface area (Å²) in [4.78, 5) is 21.5. The predicted octanol–water partition coefficient (Wildman–Crippen LogP) is 5.01. The number of halogens is 2. The largest absolute Gasteiger partial charge is 0.368 e. The Bertz CT molecular complexity index is 963. The van der Waals surface area contributed by atoms with Gasteiger partial charge in [0.1, 0.15) is 17.3 Å². The lowest BCUT2D eigenvalue weighted by Gasteiger charge is -2.12. The summed E-state index contributed by atoms with van der Waals surface area (Å²) in [7, 11) is 0. The maximum atomic E-state index is 13.3. The predicted molar refractivity (Wildman–Crippen MR) is 106 cm³/mol. The van der Waals surface area contributed by atoms with Crippen molar-refractivity contribution in [2.24, 2.45) is 0 Å². The standard InChI is InChI=1S/C20H18ClFN4O/c1-12(2)23-18-11-17(25-19(26-18)13-6-4-3-5-7-13)20(27)24-14-8-9-16(22)15(21)10-14/h3-12H,1-2H3,(H,24,27)(H,23,25,26). The number of nitrogens with one attached hydrogen (secondary N) is 2. The molecule has 0 saturated carbocycles. The van der Waals surface area contributed by atoms with Gasteiger partial charge in [-0.3, -0.25) is 4.79 Å². The summed E-state index contributed by atoms with van der Waals surface area (Å²) in [6.45, 7) is 3.95. The summed E-state index contributed by atoms with van der Waals surface area (Å²) < 4.78 is 13.3. The lowest BCUT2D eigenvalue weighted by Crippen LogP contribution is -2.17. The van der Waals surface area contributed by atoms with Crippen molar-refractivity contribution >= 4 is 29.0 Å². The summed E-state index contributed by atoms with van der Waals surface area (Å²) in [5.41, 5.74) is 1.36. The Morgan fingerprint density at radius 2 is 1.81 bits per heavy atom. The number of anilines is 2. The molecule has 0 atom stereocenters. The van der Waals surface area contributed by atoms with Gasteiger partial charge in [0, 0.05) is 23.4 Å². The van der Waals surface area contributed by atoms with Gasteiger partial charge in [0.05, 0.1) is 5.02 Å². The van der Waals surface area contributed by atoms with E-state index in [2.05, 4.69) is 20.6 Å². The molecule has 138 valence electrons. The van der Waals surface area contributed by atoms with Crippen LogP contribution in [0.2, 0.25) is 5.02 Å². The lowest BCUT2D eigenvalue weighted by molar-refractivity contribution is 0.102.